The van der Waals surface area contributed by atoms with E-state index in [1.165, 1.54) is 23.5 Å². The molecule has 0 bridgehead atoms. The van der Waals surface area contributed by atoms with E-state index in [0.717, 1.165) is 0 Å². The summed E-state index contributed by atoms with van der Waals surface area (Å²) >= 11 is 1.45. The van der Waals surface area contributed by atoms with Crippen LogP contribution in [0.2, 0.25) is 0 Å². The number of anilines is 1. The zero-order valence-electron chi connectivity index (χ0n) is 16.1. The Kier molecular flexibility index (Phi) is 7.34. The summed E-state index contributed by atoms with van der Waals surface area (Å²) in [5.74, 6) is -0.408. The molecular formula is C19H25N3O4S2. The van der Waals surface area contributed by atoms with Crippen molar-refractivity contribution in [3.05, 3.63) is 46.7 Å². The van der Waals surface area contributed by atoms with Gasteiger partial charge in [0.15, 0.2) is 0 Å². The molecule has 0 fully saturated rings. The Balaban J connectivity index is 1.84. The van der Waals surface area contributed by atoms with E-state index in [1.54, 1.807) is 44.4 Å². The number of carbonyl (C=O) groups is 2. The molecule has 1 aromatic carbocycles. The summed E-state index contributed by atoms with van der Waals surface area (Å²) in [6.45, 7) is 5.65. The van der Waals surface area contributed by atoms with Crippen molar-refractivity contribution in [1.29, 1.82) is 0 Å². The molecule has 0 atom stereocenters. The molecule has 0 spiro atoms. The van der Waals surface area contributed by atoms with Crippen molar-refractivity contribution in [2.45, 2.75) is 44.0 Å². The SMILES string of the molecule is CC(C)(C)NS(=O)(=O)c1cccc(NC(=O)CCCNC(=O)c2ccsc2)c1. The number of hydrogen-bond acceptors (Lipinski definition) is 5. The van der Waals surface area contributed by atoms with E-state index >= 15 is 0 Å². The molecule has 2 amide bonds. The maximum Gasteiger partial charge on any atom is 0.252 e. The Morgan fingerprint density at radius 2 is 1.89 bits per heavy atom. The maximum atomic E-state index is 12.4. The lowest BCUT2D eigenvalue weighted by molar-refractivity contribution is -0.116. The molecule has 0 unspecified atom stereocenters. The van der Waals surface area contributed by atoms with Crippen LogP contribution in [0.15, 0.2) is 46.0 Å². The predicted octanol–water partition coefficient (Wildman–Crippen LogP) is 2.97. The third kappa shape index (κ3) is 7.06. The first kappa shape index (κ1) is 22.1. The Hall–Kier alpha value is -2.23. The van der Waals surface area contributed by atoms with E-state index in [-0.39, 0.29) is 23.1 Å². The fraction of sp³-hybridized carbons (Fsp3) is 0.368. The largest absolute Gasteiger partial charge is 0.352 e. The Morgan fingerprint density at radius 3 is 2.54 bits per heavy atom. The first-order valence-corrected chi connectivity index (χ1v) is 11.2. The van der Waals surface area contributed by atoms with Crippen LogP contribution in [0.25, 0.3) is 0 Å². The minimum Gasteiger partial charge on any atom is -0.352 e. The molecule has 152 valence electrons. The second-order valence-electron chi connectivity index (χ2n) is 7.30. The van der Waals surface area contributed by atoms with Crippen molar-refractivity contribution in [2.75, 3.05) is 11.9 Å². The summed E-state index contributed by atoms with van der Waals surface area (Å²) in [5.41, 5.74) is 0.409. The summed E-state index contributed by atoms with van der Waals surface area (Å²) in [7, 11) is -3.68. The van der Waals surface area contributed by atoms with Gasteiger partial charge in [-0.15, -0.1) is 0 Å². The Labute approximate surface area is 169 Å². The van der Waals surface area contributed by atoms with E-state index in [1.807, 2.05) is 5.38 Å². The molecule has 9 heteroatoms. The number of benzene rings is 1. The number of carbonyl (C=O) groups excluding carboxylic acids is 2. The van der Waals surface area contributed by atoms with Crippen LogP contribution in [-0.2, 0) is 14.8 Å². The van der Waals surface area contributed by atoms with Gasteiger partial charge in [-0.2, -0.15) is 11.3 Å². The summed E-state index contributed by atoms with van der Waals surface area (Å²) in [4.78, 5) is 24.0. The lowest BCUT2D eigenvalue weighted by Crippen LogP contribution is -2.40. The van der Waals surface area contributed by atoms with Crippen molar-refractivity contribution >= 4 is 38.9 Å². The number of sulfonamides is 1. The van der Waals surface area contributed by atoms with Gasteiger partial charge in [0.05, 0.1) is 4.90 Å². The number of thiophene rings is 1. The highest BCUT2D eigenvalue weighted by atomic mass is 32.2. The van der Waals surface area contributed by atoms with Gasteiger partial charge in [0.2, 0.25) is 15.9 Å². The van der Waals surface area contributed by atoms with Gasteiger partial charge in [0.1, 0.15) is 0 Å². The lowest BCUT2D eigenvalue weighted by Gasteiger charge is -2.20. The van der Waals surface area contributed by atoms with Crippen molar-refractivity contribution in [3.8, 4) is 0 Å². The number of hydrogen-bond donors (Lipinski definition) is 3. The van der Waals surface area contributed by atoms with Crippen molar-refractivity contribution in [3.63, 3.8) is 0 Å². The second kappa shape index (κ2) is 9.31. The molecule has 1 heterocycles. The number of amides is 2. The molecule has 0 aliphatic heterocycles. The quantitative estimate of drug-likeness (QED) is 0.568. The minimum atomic E-state index is -3.68. The summed E-state index contributed by atoms with van der Waals surface area (Å²) in [6, 6.07) is 7.84. The summed E-state index contributed by atoms with van der Waals surface area (Å²) in [5, 5.41) is 9.03. The molecule has 3 N–H and O–H groups in total. The second-order valence-corrected chi connectivity index (χ2v) is 9.77. The Bertz CT molecular complexity index is 917. The molecule has 2 rings (SSSR count). The highest BCUT2D eigenvalue weighted by Crippen LogP contribution is 2.17. The van der Waals surface area contributed by atoms with Crippen LogP contribution in [0.4, 0.5) is 5.69 Å². The van der Waals surface area contributed by atoms with Crippen LogP contribution < -0.4 is 15.4 Å². The van der Waals surface area contributed by atoms with Crippen LogP contribution in [0.3, 0.4) is 0 Å². The van der Waals surface area contributed by atoms with Gasteiger partial charge in [-0.25, -0.2) is 13.1 Å². The van der Waals surface area contributed by atoms with Gasteiger partial charge in [-0.05, 0) is 56.8 Å². The van der Waals surface area contributed by atoms with E-state index in [2.05, 4.69) is 15.4 Å². The standard InChI is InChI=1S/C19H25N3O4S2/c1-19(2,3)22-28(25,26)16-7-4-6-15(12-16)21-17(23)8-5-10-20-18(24)14-9-11-27-13-14/h4,6-7,9,11-13,22H,5,8,10H2,1-3H3,(H,20,24)(H,21,23). The fourth-order valence-electron chi connectivity index (χ4n) is 2.37. The van der Waals surface area contributed by atoms with Crippen LogP contribution in [-0.4, -0.2) is 32.3 Å². The predicted molar refractivity (Wildman–Crippen MR) is 111 cm³/mol. The molecule has 7 nitrogen and oxygen atoms in total. The molecule has 2 aromatic rings. The minimum absolute atomic E-state index is 0.0863. The summed E-state index contributed by atoms with van der Waals surface area (Å²) in [6.07, 6.45) is 0.687. The monoisotopic (exact) mass is 423 g/mol. The number of rotatable bonds is 8. The van der Waals surface area contributed by atoms with Gasteiger partial charge in [0, 0.05) is 35.1 Å². The first-order valence-electron chi connectivity index (χ1n) is 8.81. The third-order valence-corrected chi connectivity index (χ3v) is 5.96. The highest BCUT2D eigenvalue weighted by molar-refractivity contribution is 7.89. The first-order chi connectivity index (χ1) is 13.1. The van der Waals surface area contributed by atoms with Gasteiger partial charge in [0.25, 0.3) is 5.91 Å². The molecular weight excluding hydrogens is 398 g/mol. The Morgan fingerprint density at radius 1 is 1.14 bits per heavy atom. The highest BCUT2D eigenvalue weighted by Gasteiger charge is 2.22. The van der Waals surface area contributed by atoms with E-state index in [0.29, 0.717) is 24.2 Å². The van der Waals surface area contributed by atoms with Gasteiger partial charge in [-0.1, -0.05) is 6.07 Å². The van der Waals surface area contributed by atoms with E-state index in [9.17, 15) is 18.0 Å². The maximum absolute atomic E-state index is 12.4. The van der Waals surface area contributed by atoms with Crippen molar-refractivity contribution in [1.82, 2.24) is 10.0 Å². The smallest absolute Gasteiger partial charge is 0.252 e. The van der Waals surface area contributed by atoms with Crippen LogP contribution in [0, 0.1) is 0 Å². The average Bonchev–Trinajstić information content (AvgIpc) is 3.11. The molecule has 0 radical (unpaired) electrons. The molecule has 28 heavy (non-hydrogen) atoms. The third-order valence-electron chi connectivity index (χ3n) is 3.52. The van der Waals surface area contributed by atoms with E-state index < -0.39 is 15.6 Å². The lowest BCUT2D eigenvalue weighted by atomic mass is 10.1. The molecule has 0 aliphatic carbocycles. The van der Waals surface area contributed by atoms with Gasteiger partial charge >= 0.3 is 0 Å². The van der Waals surface area contributed by atoms with Crippen molar-refractivity contribution in [2.24, 2.45) is 0 Å². The fourth-order valence-corrected chi connectivity index (χ4v) is 4.47. The summed E-state index contributed by atoms with van der Waals surface area (Å²) < 4.78 is 27.4. The zero-order chi connectivity index (χ0) is 20.8. The number of nitrogens with one attached hydrogen (secondary N) is 3. The average molecular weight is 424 g/mol. The van der Waals surface area contributed by atoms with Crippen molar-refractivity contribution < 1.29 is 18.0 Å². The van der Waals surface area contributed by atoms with Crippen LogP contribution >= 0.6 is 11.3 Å². The van der Waals surface area contributed by atoms with Gasteiger partial charge < -0.3 is 10.6 Å². The normalized spacial score (nSPS) is 11.8. The van der Waals surface area contributed by atoms with Crippen LogP contribution in [0.1, 0.15) is 44.0 Å². The molecule has 0 saturated heterocycles. The topological polar surface area (TPSA) is 104 Å². The molecule has 1 aromatic heterocycles. The molecule has 0 saturated carbocycles. The van der Waals surface area contributed by atoms with Gasteiger partial charge in [-0.3, -0.25) is 9.59 Å². The van der Waals surface area contributed by atoms with Crippen LogP contribution in [0.5, 0.6) is 0 Å². The van der Waals surface area contributed by atoms with E-state index in [4.69, 9.17) is 0 Å². The zero-order valence-corrected chi connectivity index (χ0v) is 17.7. The molecule has 0 aliphatic rings.